The molecule has 0 spiro atoms. The Kier molecular flexibility index (Phi) is 6.52. The fourth-order valence-electron chi connectivity index (χ4n) is 2.41. The molecule has 0 unspecified atom stereocenters. The van der Waals surface area contributed by atoms with Crippen molar-refractivity contribution in [1.29, 1.82) is 0 Å². The number of esters is 1. The number of halogens is 2. The van der Waals surface area contributed by atoms with Gasteiger partial charge in [-0.15, -0.1) is 0 Å². The molecule has 0 fully saturated rings. The van der Waals surface area contributed by atoms with E-state index in [-0.39, 0.29) is 5.56 Å². The zero-order valence-corrected chi connectivity index (χ0v) is 15.2. The molecule has 0 amide bonds. The van der Waals surface area contributed by atoms with E-state index in [1.165, 1.54) is 0 Å². The van der Waals surface area contributed by atoms with Crippen molar-refractivity contribution in [3.8, 4) is 5.75 Å². The summed E-state index contributed by atoms with van der Waals surface area (Å²) in [4.78, 5) is 23.6. The number of Topliss-reactive ketones (excluding diaryl/α,β-unsaturated/α-hetero) is 1. The van der Waals surface area contributed by atoms with Gasteiger partial charge in [0.15, 0.2) is 30.6 Å². The van der Waals surface area contributed by atoms with Gasteiger partial charge in [0.05, 0.1) is 0 Å². The van der Waals surface area contributed by atoms with Crippen LogP contribution in [0.2, 0.25) is 0 Å². The topological polar surface area (TPSA) is 64.6 Å². The van der Waals surface area contributed by atoms with Gasteiger partial charge in [0.2, 0.25) is 0 Å². The number of nitrogens with one attached hydrogen (secondary N) is 1. The molecular formula is C22H17F2NO4. The van der Waals surface area contributed by atoms with Gasteiger partial charge in [0, 0.05) is 16.9 Å². The number of hydrogen-bond acceptors (Lipinski definition) is 5. The quantitative estimate of drug-likeness (QED) is 0.447. The van der Waals surface area contributed by atoms with Crippen LogP contribution in [-0.4, -0.2) is 25.0 Å². The van der Waals surface area contributed by atoms with Crippen LogP contribution in [0.1, 0.15) is 10.4 Å². The summed E-state index contributed by atoms with van der Waals surface area (Å²) < 4.78 is 36.2. The van der Waals surface area contributed by atoms with Crippen LogP contribution < -0.4 is 10.1 Å². The maximum atomic E-state index is 13.1. The summed E-state index contributed by atoms with van der Waals surface area (Å²) in [6.07, 6.45) is 0. The lowest BCUT2D eigenvalue weighted by molar-refractivity contribution is -0.144. The molecule has 1 N–H and O–H groups in total. The fourth-order valence-corrected chi connectivity index (χ4v) is 2.41. The normalized spacial score (nSPS) is 10.3. The Morgan fingerprint density at radius 1 is 0.793 bits per heavy atom. The van der Waals surface area contributed by atoms with Crippen molar-refractivity contribution in [2.24, 2.45) is 0 Å². The Balaban J connectivity index is 1.44. The summed E-state index contributed by atoms with van der Waals surface area (Å²) in [5.41, 5.74) is 1.71. The van der Waals surface area contributed by atoms with Crippen LogP contribution in [0, 0.1) is 11.6 Å². The van der Waals surface area contributed by atoms with Crippen LogP contribution in [0.15, 0.2) is 72.8 Å². The third kappa shape index (κ3) is 5.87. The Labute approximate surface area is 165 Å². The van der Waals surface area contributed by atoms with Crippen LogP contribution in [0.4, 0.5) is 20.2 Å². The molecule has 0 aliphatic carbocycles. The number of ether oxygens (including phenoxy) is 2. The van der Waals surface area contributed by atoms with Gasteiger partial charge in [-0.3, -0.25) is 4.79 Å². The van der Waals surface area contributed by atoms with Gasteiger partial charge in [-0.2, -0.15) is 0 Å². The Morgan fingerprint density at radius 3 is 2.17 bits per heavy atom. The SMILES string of the molecule is O=C(COc1ccc(Nc2ccccc2)cc1)OCC(=O)c1ccc(F)c(F)c1. The third-order valence-corrected chi connectivity index (χ3v) is 3.88. The third-order valence-electron chi connectivity index (χ3n) is 3.88. The second-order valence-electron chi connectivity index (χ2n) is 6.02. The molecule has 0 radical (unpaired) electrons. The van der Waals surface area contributed by atoms with Crippen LogP contribution >= 0.6 is 0 Å². The molecule has 5 nitrogen and oxygen atoms in total. The highest BCUT2D eigenvalue weighted by atomic mass is 19.2. The molecule has 7 heteroatoms. The first-order valence-corrected chi connectivity index (χ1v) is 8.70. The molecule has 0 saturated heterocycles. The molecule has 0 aliphatic heterocycles. The molecule has 3 aromatic rings. The van der Waals surface area contributed by atoms with E-state index >= 15 is 0 Å². The fraction of sp³-hybridized carbons (Fsp3) is 0.0909. The van der Waals surface area contributed by atoms with Gasteiger partial charge in [-0.1, -0.05) is 18.2 Å². The van der Waals surface area contributed by atoms with E-state index in [1.807, 2.05) is 30.3 Å². The van der Waals surface area contributed by atoms with E-state index in [2.05, 4.69) is 5.32 Å². The van der Waals surface area contributed by atoms with Crippen molar-refractivity contribution in [2.75, 3.05) is 18.5 Å². The minimum atomic E-state index is -1.14. The molecule has 3 aromatic carbocycles. The number of carbonyl (C=O) groups is 2. The van der Waals surface area contributed by atoms with Gasteiger partial charge in [-0.25, -0.2) is 13.6 Å². The Hall–Kier alpha value is -3.74. The minimum absolute atomic E-state index is 0.0841. The van der Waals surface area contributed by atoms with E-state index < -0.39 is 36.6 Å². The molecule has 0 heterocycles. The Morgan fingerprint density at radius 2 is 1.48 bits per heavy atom. The van der Waals surface area contributed by atoms with Crippen LogP contribution in [0.5, 0.6) is 5.75 Å². The van der Waals surface area contributed by atoms with E-state index in [0.717, 1.165) is 29.6 Å². The van der Waals surface area contributed by atoms with Crippen LogP contribution in [-0.2, 0) is 9.53 Å². The number of para-hydroxylation sites is 1. The molecule has 0 bridgehead atoms. The second kappa shape index (κ2) is 9.45. The zero-order valence-electron chi connectivity index (χ0n) is 15.2. The molecule has 0 aromatic heterocycles. The largest absolute Gasteiger partial charge is 0.482 e. The number of carbonyl (C=O) groups excluding carboxylic acids is 2. The number of hydrogen-bond donors (Lipinski definition) is 1. The molecule has 0 aliphatic rings. The predicted molar refractivity (Wildman–Crippen MR) is 103 cm³/mol. The average molecular weight is 397 g/mol. The summed E-state index contributed by atoms with van der Waals surface area (Å²) in [6, 6.07) is 19.3. The highest BCUT2D eigenvalue weighted by Crippen LogP contribution is 2.19. The highest BCUT2D eigenvalue weighted by molar-refractivity contribution is 5.98. The summed E-state index contributed by atoms with van der Waals surface area (Å²) >= 11 is 0. The van der Waals surface area contributed by atoms with Crippen molar-refractivity contribution in [3.63, 3.8) is 0 Å². The van der Waals surface area contributed by atoms with Gasteiger partial charge in [0.1, 0.15) is 5.75 Å². The van der Waals surface area contributed by atoms with Crippen LogP contribution in [0.3, 0.4) is 0 Å². The summed E-state index contributed by atoms with van der Waals surface area (Å²) in [5.74, 6) is -3.15. The number of ketones is 1. The van der Waals surface area contributed by atoms with Crippen LogP contribution in [0.25, 0.3) is 0 Å². The van der Waals surface area contributed by atoms with E-state index in [4.69, 9.17) is 9.47 Å². The molecule has 29 heavy (non-hydrogen) atoms. The molecule has 0 saturated carbocycles. The maximum Gasteiger partial charge on any atom is 0.344 e. The van der Waals surface area contributed by atoms with Gasteiger partial charge < -0.3 is 14.8 Å². The monoisotopic (exact) mass is 397 g/mol. The molecule has 148 valence electrons. The summed E-state index contributed by atoms with van der Waals surface area (Å²) in [5, 5.41) is 3.22. The lowest BCUT2D eigenvalue weighted by Gasteiger charge is -2.09. The lowest BCUT2D eigenvalue weighted by Crippen LogP contribution is -2.19. The van der Waals surface area contributed by atoms with Crippen molar-refractivity contribution >= 4 is 23.1 Å². The predicted octanol–water partition coefficient (Wildman–Crippen LogP) is 4.51. The zero-order chi connectivity index (χ0) is 20.6. The number of benzene rings is 3. The van der Waals surface area contributed by atoms with Crippen molar-refractivity contribution < 1.29 is 27.8 Å². The van der Waals surface area contributed by atoms with E-state index in [1.54, 1.807) is 24.3 Å². The smallest absolute Gasteiger partial charge is 0.344 e. The number of anilines is 2. The van der Waals surface area contributed by atoms with Gasteiger partial charge in [-0.05, 0) is 54.6 Å². The van der Waals surface area contributed by atoms with Gasteiger partial charge >= 0.3 is 5.97 Å². The second-order valence-corrected chi connectivity index (χ2v) is 6.02. The van der Waals surface area contributed by atoms with Gasteiger partial charge in [0.25, 0.3) is 0 Å². The first-order valence-electron chi connectivity index (χ1n) is 8.70. The van der Waals surface area contributed by atoms with E-state index in [0.29, 0.717) is 5.75 Å². The van der Waals surface area contributed by atoms with E-state index in [9.17, 15) is 18.4 Å². The number of rotatable bonds is 8. The highest BCUT2D eigenvalue weighted by Gasteiger charge is 2.13. The Bertz CT molecular complexity index is 991. The maximum absolute atomic E-state index is 13.1. The molecule has 0 atom stereocenters. The minimum Gasteiger partial charge on any atom is -0.482 e. The standard InChI is InChI=1S/C22H17F2NO4/c23-19-11-6-15(12-20(19)24)21(26)13-29-22(27)14-28-18-9-7-17(8-10-18)25-16-4-2-1-3-5-16/h1-12,25H,13-14H2. The van der Waals surface area contributed by atoms with Crippen molar-refractivity contribution in [1.82, 2.24) is 0 Å². The van der Waals surface area contributed by atoms with Crippen molar-refractivity contribution in [3.05, 3.63) is 90.0 Å². The first kappa shape index (κ1) is 20.0. The summed E-state index contributed by atoms with van der Waals surface area (Å²) in [6.45, 7) is -0.982. The average Bonchev–Trinajstić information content (AvgIpc) is 2.74. The first-order chi connectivity index (χ1) is 14.0. The summed E-state index contributed by atoms with van der Waals surface area (Å²) in [7, 11) is 0. The van der Waals surface area contributed by atoms with Crippen molar-refractivity contribution in [2.45, 2.75) is 0 Å². The molecule has 3 rings (SSSR count). The lowest BCUT2D eigenvalue weighted by atomic mass is 10.1. The molecular weight excluding hydrogens is 380 g/mol.